The molecule has 2 aromatic rings. The third-order valence-corrected chi connectivity index (χ3v) is 4.35. The van der Waals surface area contributed by atoms with Crippen LogP contribution in [0.3, 0.4) is 0 Å². The van der Waals surface area contributed by atoms with E-state index in [4.69, 9.17) is 11.6 Å². The molecule has 1 saturated heterocycles. The van der Waals surface area contributed by atoms with Crippen LogP contribution >= 0.6 is 11.6 Å². The lowest BCUT2D eigenvalue weighted by Gasteiger charge is -2.13. The molecule has 4 amide bonds. The van der Waals surface area contributed by atoms with Crippen LogP contribution in [-0.4, -0.2) is 35.3 Å². The number of hydrogen-bond acceptors (Lipinski definition) is 3. The van der Waals surface area contributed by atoms with Crippen molar-refractivity contribution >= 4 is 29.4 Å². The lowest BCUT2D eigenvalue weighted by atomic mass is 10.1. The van der Waals surface area contributed by atoms with E-state index in [2.05, 4.69) is 10.6 Å². The van der Waals surface area contributed by atoms with Gasteiger partial charge in [-0.15, -0.1) is 0 Å². The zero-order valence-electron chi connectivity index (χ0n) is 13.9. The molecule has 0 unspecified atom stereocenters. The number of hydrogen-bond donors (Lipinski definition) is 2. The quantitative estimate of drug-likeness (QED) is 0.763. The van der Waals surface area contributed by atoms with E-state index in [1.54, 1.807) is 24.3 Å². The van der Waals surface area contributed by atoms with E-state index in [9.17, 15) is 14.4 Å². The van der Waals surface area contributed by atoms with Crippen molar-refractivity contribution in [3.8, 4) is 0 Å². The van der Waals surface area contributed by atoms with Crippen LogP contribution in [-0.2, 0) is 22.6 Å². The predicted octanol–water partition coefficient (Wildman–Crippen LogP) is 2.12. The fourth-order valence-electron chi connectivity index (χ4n) is 2.72. The molecule has 6 nitrogen and oxygen atoms in total. The van der Waals surface area contributed by atoms with Gasteiger partial charge < -0.3 is 10.6 Å². The number of urea groups is 1. The van der Waals surface area contributed by atoms with Gasteiger partial charge in [0.2, 0.25) is 5.91 Å². The molecule has 0 bridgehead atoms. The molecular formula is C19H18ClN3O3. The van der Waals surface area contributed by atoms with Gasteiger partial charge in [-0.2, -0.15) is 0 Å². The monoisotopic (exact) mass is 371 g/mol. The summed E-state index contributed by atoms with van der Waals surface area (Å²) in [5.41, 5.74) is 1.82. The molecule has 134 valence electrons. The predicted molar refractivity (Wildman–Crippen MR) is 97.5 cm³/mol. The minimum atomic E-state index is -0.644. The molecule has 0 saturated carbocycles. The van der Waals surface area contributed by atoms with E-state index in [0.717, 1.165) is 16.0 Å². The van der Waals surface area contributed by atoms with Gasteiger partial charge in [0.25, 0.3) is 5.91 Å². The molecule has 1 aliphatic heterocycles. The first-order valence-electron chi connectivity index (χ1n) is 8.20. The number of halogens is 1. The Kier molecular flexibility index (Phi) is 5.53. The van der Waals surface area contributed by atoms with Gasteiger partial charge in [0.15, 0.2) is 0 Å². The summed E-state index contributed by atoms with van der Waals surface area (Å²) < 4.78 is 0. The SMILES string of the molecule is O=C(CN1C(=O)N[C@@H](Cc2ccccc2)C1=O)NCc1ccc(Cl)cc1. The number of imide groups is 1. The Morgan fingerprint density at radius 3 is 2.42 bits per heavy atom. The number of rotatable bonds is 6. The molecule has 3 rings (SSSR count). The summed E-state index contributed by atoms with van der Waals surface area (Å²) in [6.45, 7) is -0.00333. The van der Waals surface area contributed by atoms with E-state index in [1.165, 1.54) is 0 Å². The Morgan fingerprint density at radius 2 is 1.73 bits per heavy atom. The summed E-state index contributed by atoms with van der Waals surface area (Å²) in [4.78, 5) is 37.5. The van der Waals surface area contributed by atoms with Crippen LogP contribution in [0.4, 0.5) is 4.79 Å². The summed E-state index contributed by atoms with van der Waals surface area (Å²) >= 11 is 5.82. The van der Waals surface area contributed by atoms with Crippen molar-refractivity contribution in [2.45, 2.75) is 19.0 Å². The summed E-state index contributed by atoms with van der Waals surface area (Å²) in [5.74, 6) is -0.788. The van der Waals surface area contributed by atoms with Crippen LogP contribution in [0.1, 0.15) is 11.1 Å². The number of nitrogens with zero attached hydrogens (tertiary/aromatic N) is 1. The Balaban J connectivity index is 1.53. The third kappa shape index (κ3) is 4.40. The summed E-state index contributed by atoms with van der Waals surface area (Å²) in [7, 11) is 0. The average Bonchev–Trinajstić information content (AvgIpc) is 2.89. The van der Waals surface area contributed by atoms with Crippen molar-refractivity contribution < 1.29 is 14.4 Å². The van der Waals surface area contributed by atoms with Gasteiger partial charge in [0, 0.05) is 18.0 Å². The molecule has 0 spiro atoms. The second-order valence-corrected chi connectivity index (χ2v) is 6.46. The fourth-order valence-corrected chi connectivity index (χ4v) is 2.84. The van der Waals surface area contributed by atoms with Gasteiger partial charge in [-0.05, 0) is 23.3 Å². The highest BCUT2D eigenvalue weighted by atomic mass is 35.5. The molecule has 26 heavy (non-hydrogen) atoms. The highest BCUT2D eigenvalue weighted by Gasteiger charge is 2.38. The average molecular weight is 372 g/mol. The van der Waals surface area contributed by atoms with E-state index >= 15 is 0 Å². The van der Waals surface area contributed by atoms with Gasteiger partial charge in [-0.1, -0.05) is 54.1 Å². The zero-order chi connectivity index (χ0) is 18.5. The lowest BCUT2D eigenvalue weighted by molar-refractivity contribution is -0.132. The number of amides is 4. The van der Waals surface area contributed by atoms with E-state index in [0.29, 0.717) is 18.0 Å². The molecule has 2 N–H and O–H groups in total. The molecule has 2 aromatic carbocycles. The maximum Gasteiger partial charge on any atom is 0.325 e. The van der Waals surface area contributed by atoms with Crippen LogP contribution in [0.15, 0.2) is 54.6 Å². The van der Waals surface area contributed by atoms with E-state index in [-0.39, 0.29) is 12.5 Å². The lowest BCUT2D eigenvalue weighted by Crippen LogP contribution is -2.41. The van der Waals surface area contributed by atoms with Crippen molar-refractivity contribution in [1.29, 1.82) is 0 Å². The highest BCUT2D eigenvalue weighted by molar-refractivity contribution is 6.30. The van der Waals surface area contributed by atoms with Crippen molar-refractivity contribution in [3.63, 3.8) is 0 Å². The highest BCUT2D eigenvalue weighted by Crippen LogP contribution is 2.12. The molecule has 1 atom stereocenters. The van der Waals surface area contributed by atoms with Crippen LogP contribution in [0.2, 0.25) is 5.02 Å². The standard InChI is InChI=1S/C19H18ClN3O3/c20-15-8-6-14(7-9-15)11-21-17(24)12-23-18(25)16(22-19(23)26)10-13-4-2-1-3-5-13/h1-9,16H,10-12H2,(H,21,24)(H,22,26)/t16-/m0/s1. The normalized spacial score (nSPS) is 16.5. The molecule has 1 fully saturated rings. The largest absolute Gasteiger partial charge is 0.350 e. The van der Waals surface area contributed by atoms with Crippen molar-refractivity contribution in [1.82, 2.24) is 15.5 Å². The Bertz CT molecular complexity index is 809. The first-order valence-corrected chi connectivity index (χ1v) is 8.57. The Labute approximate surface area is 156 Å². The Morgan fingerprint density at radius 1 is 1.04 bits per heavy atom. The van der Waals surface area contributed by atoms with Crippen molar-refractivity contribution in [2.24, 2.45) is 0 Å². The van der Waals surface area contributed by atoms with Gasteiger partial charge in [-0.25, -0.2) is 4.79 Å². The van der Waals surface area contributed by atoms with E-state index in [1.807, 2.05) is 30.3 Å². The van der Waals surface area contributed by atoms with Crippen LogP contribution in [0.5, 0.6) is 0 Å². The minimum absolute atomic E-state index is 0.299. The van der Waals surface area contributed by atoms with Crippen molar-refractivity contribution in [3.05, 3.63) is 70.7 Å². The van der Waals surface area contributed by atoms with Crippen LogP contribution < -0.4 is 10.6 Å². The first-order chi connectivity index (χ1) is 12.5. The molecule has 0 aromatic heterocycles. The van der Waals surface area contributed by atoms with Gasteiger partial charge in [0.05, 0.1) is 0 Å². The second-order valence-electron chi connectivity index (χ2n) is 6.02. The zero-order valence-corrected chi connectivity index (χ0v) is 14.7. The maximum absolute atomic E-state index is 12.4. The Hall–Kier alpha value is -2.86. The topological polar surface area (TPSA) is 78.5 Å². The molecule has 1 heterocycles. The third-order valence-electron chi connectivity index (χ3n) is 4.09. The number of benzene rings is 2. The number of carbonyl (C=O) groups excluding carboxylic acids is 3. The molecular weight excluding hydrogens is 354 g/mol. The smallest absolute Gasteiger partial charge is 0.325 e. The molecule has 0 radical (unpaired) electrons. The number of nitrogens with one attached hydrogen (secondary N) is 2. The van der Waals surface area contributed by atoms with Crippen LogP contribution in [0.25, 0.3) is 0 Å². The van der Waals surface area contributed by atoms with Gasteiger partial charge in [0.1, 0.15) is 12.6 Å². The van der Waals surface area contributed by atoms with E-state index < -0.39 is 18.0 Å². The summed E-state index contributed by atoms with van der Waals surface area (Å²) in [6.07, 6.45) is 0.397. The van der Waals surface area contributed by atoms with Crippen LogP contribution in [0, 0.1) is 0 Å². The second kappa shape index (κ2) is 8.01. The van der Waals surface area contributed by atoms with Crippen molar-refractivity contribution in [2.75, 3.05) is 6.54 Å². The molecule has 1 aliphatic rings. The van der Waals surface area contributed by atoms with Gasteiger partial charge >= 0.3 is 6.03 Å². The molecule has 0 aliphatic carbocycles. The molecule has 7 heteroatoms. The fraction of sp³-hybridized carbons (Fsp3) is 0.211. The summed E-state index contributed by atoms with van der Waals surface area (Å²) in [5, 5.41) is 5.94. The first kappa shape index (κ1) is 17.9. The van der Waals surface area contributed by atoms with Gasteiger partial charge in [-0.3, -0.25) is 14.5 Å². The maximum atomic E-state index is 12.4. The number of carbonyl (C=O) groups is 3. The summed E-state index contributed by atoms with van der Waals surface area (Å²) in [6, 6.07) is 15.3. The minimum Gasteiger partial charge on any atom is -0.350 e.